The summed E-state index contributed by atoms with van der Waals surface area (Å²) in [6, 6.07) is 4.82. The Morgan fingerprint density at radius 2 is 2.11 bits per heavy atom. The number of nitrogen functional groups attached to an aromatic ring is 1. The maximum atomic E-state index is 12.0. The molecule has 0 saturated heterocycles. The van der Waals surface area contributed by atoms with Gasteiger partial charge in [0, 0.05) is 5.69 Å². The number of carbonyl (C=O) groups excluding carboxylic acids is 1. The van der Waals surface area contributed by atoms with E-state index in [9.17, 15) is 4.79 Å². The molecule has 0 aliphatic rings. The van der Waals surface area contributed by atoms with Gasteiger partial charge in [-0.1, -0.05) is 37.8 Å². The van der Waals surface area contributed by atoms with E-state index >= 15 is 0 Å². The van der Waals surface area contributed by atoms with Crippen molar-refractivity contribution >= 4 is 23.3 Å². The smallest absolute Gasteiger partial charge is 0.339 e. The van der Waals surface area contributed by atoms with Gasteiger partial charge in [0.25, 0.3) is 0 Å². The predicted molar refractivity (Wildman–Crippen MR) is 79.5 cm³/mol. The van der Waals surface area contributed by atoms with Crippen molar-refractivity contribution in [3.05, 3.63) is 28.8 Å². The number of ether oxygens (including phenoxy) is 1. The maximum absolute atomic E-state index is 12.0. The van der Waals surface area contributed by atoms with Crippen molar-refractivity contribution in [2.75, 3.05) is 5.73 Å². The Hall–Kier alpha value is -1.22. The number of unbranched alkanes of at least 4 members (excludes halogenated alkanes) is 3. The summed E-state index contributed by atoms with van der Waals surface area (Å²) in [4.78, 5) is 12.0. The number of hydrogen-bond donors (Lipinski definition) is 1. The van der Waals surface area contributed by atoms with Crippen molar-refractivity contribution < 1.29 is 9.53 Å². The minimum atomic E-state index is -0.403. The van der Waals surface area contributed by atoms with Crippen LogP contribution in [0.15, 0.2) is 18.2 Å². The molecule has 1 aromatic carbocycles. The third-order valence-corrected chi connectivity index (χ3v) is 3.31. The van der Waals surface area contributed by atoms with Crippen LogP contribution in [0.25, 0.3) is 0 Å². The molecule has 1 unspecified atom stereocenters. The number of halogens is 1. The van der Waals surface area contributed by atoms with Crippen LogP contribution in [0.2, 0.25) is 5.02 Å². The second kappa shape index (κ2) is 8.05. The zero-order chi connectivity index (χ0) is 14.3. The van der Waals surface area contributed by atoms with E-state index in [0.29, 0.717) is 16.3 Å². The molecule has 0 aliphatic carbocycles. The summed E-state index contributed by atoms with van der Waals surface area (Å²) >= 11 is 5.96. The first-order chi connectivity index (χ1) is 9.04. The molecule has 3 nitrogen and oxygen atoms in total. The van der Waals surface area contributed by atoms with Gasteiger partial charge in [-0.05, 0) is 38.0 Å². The predicted octanol–water partition coefficient (Wildman–Crippen LogP) is 4.44. The molecule has 1 aromatic rings. The minimum absolute atomic E-state index is 0.0955. The molecule has 4 heteroatoms. The Morgan fingerprint density at radius 1 is 1.37 bits per heavy atom. The van der Waals surface area contributed by atoms with Crippen molar-refractivity contribution in [3.8, 4) is 0 Å². The van der Waals surface area contributed by atoms with Crippen molar-refractivity contribution in [3.63, 3.8) is 0 Å². The van der Waals surface area contributed by atoms with E-state index in [-0.39, 0.29) is 6.10 Å². The maximum Gasteiger partial charge on any atom is 0.339 e. The summed E-state index contributed by atoms with van der Waals surface area (Å²) < 4.78 is 5.37. The highest BCUT2D eigenvalue weighted by Gasteiger charge is 2.15. The van der Waals surface area contributed by atoms with E-state index in [4.69, 9.17) is 22.1 Å². The number of rotatable bonds is 7. The van der Waals surface area contributed by atoms with E-state index in [1.807, 2.05) is 6.92 Å². The summed E-state index contributed by atoms with van der Waals surface area (Å²) in [6.07, 6.45) is 5.46. The first kappa shape index (κ1) is 15.8. The van der Waals surface area contributed by atoms with Crippen molar-refractivity contribution in [2.24, 2.45) is 0 Å². The summed E-state index contributed by atoms with van der Waals surface area (Å²) in [5, 5.41) is 0.373. The van der Waals surface area contributed by atoms with E-state index in [0.717, 1.165) is 12.8 Å². The van der Waals surface area contributed by atoms with Crippen LogP contribution in [-0.2, 0) is 4.74 Å². The van der Waals surface area contributed by atoms with E-state index in [2.05, 4.69) is 6.92 Å². The zero-order valence-corrected chi connectivity index (χ0v) is 12.4. The molecule has 0 saturated carbocycles. The molecule has 0 heterocycles. The lowest BCUT2D eigenvalue weighted by atomic mass is 10.1. The third-order valence-electron chi connectivity index (χ3n) is 2.98. The van der Waals surface area contributed by atoms with Gasteiger partial charge < -0.3 is 10.5 Å². The van der Waals surface area contributed by atoms with Crippen LogP contribution in [0.1, 0.15) is 56.3 Å². The molecule has 2 N–H and O–H groups in total. The molecule has 0 radical (unpaired) electrons. The average Bonchev–Trinajstić information content (AvgIpc) is 2.37. The summed E-state index contributed by atoms with van der Waals surface area (Å²) in [5.74, 6) is -0.403. The summed E-state index contributed by atoms with van der Waals surface area (Å²) in [6.45, 7) is 4.08. The van der Waals surface area contributed by atoms with Gasteiger partial charge in [0.1, 0.15) is 0 Å². The zero-order valence-electron chi connectivity index (χ0n) is 11.6. The SMILES string of the molecule is CCCCCCC(C)OC(=O)c1cc(N)ccc1Cl. The van der Waals surface area contributed by atoms with Crippen molar-refractivity contribution in [2.45, 2.75) is 52.1 Å². The minimum Gasteiger partial charge on any atom is -0.459 e. The normalized spacial score (nSPS) is 12.2. The molecule has 1 atom stereocenters. The highest BCUT2D eigenvalue weighted by atomic mass is 35.5. The molecule has 1 rings (SSSR count). The molecule has 19 heavy (non-hydrogen) atoms. The van der Waals surface area contributed by atoms with Crippen molar-refractivity contribution in [1.82, 2.24) is 0 Å². The standard InChI is InChI=1S/C15H22ClNO2/c1-3-4-5-6-7-11(2)19-15(18)13-10-12(17)8-9-14(13)16/h8-11H,3-7,17H2,1-2H3. The van der Waals surface area contributed by atoms with Crippen LogP contribution in [0, 0.1) is 0 Å². The lowest BCUT2D eigenvalue weighted by Crippen LogP contribution is -2.15. The van der Waals surface area contributed by atoms with Crippen LogP contribution >= 0.6 is 11.6 Å². The largest absolute Gasteiger partial charge is 0.459 e. The van der Waals surface area contributed by atoms with E-state index in [1.165, 1.54) is 19.3 Å². The Bertz CT molecular complexity index is 421. The van der Waals surface area contributed by atoms with Gasteiger partial charge in [0.15, 0.2) is 0 Å². The molecule has 0 spiro atoms. The fourth-order valence-corrected chi connectivity index (χ4v) is 2.06. The molecular formula is C15H22ClNO2. The fourth-order valence-electron chi connectivity index (χ4n) is 1.86. The van der Waals surface area contributed by atoms with Gasteiger partial charge in [0.05, 0.1) is 16.7 Å². The molecule has 0 amide bonds. The number of carbonyl (C=O) groups is 1. The number of hydrogen-bond acceptors (Lipinski definition) is 3. The summed E-state index contributed by atoms with van der Waals surface area (Å²) in [5.41, 5.74) is 6.48. The average molecular weight is 284 g/mol. The van der Waals surface area contributed by atoms with Crippen LogP contribution in [-0.4, -0.2) is 12.1 Å². The number of anilines is 1. The number of nitrogens with two attached hydrogens (primary N) is 1. The van der Waals surface area contributed by atoms with Crippen LogP contribution in [0.4, 0.5) is 5.69 Å². The van der Waals surface area contributed by atoms with E-state index in [1.54, 1.807) is 18.2 Å². The number of esters is 1. The Kier molecular flexibility index (Phi) is 6.71. The molecule has 0 bridgehead atoms. The molecule has 0 aliphatic heterocycles. The topological polar surface area (TPSA) is 52.3 Å². The Labute approximate surface area is 120 Å². The van der Waals surface area contributed by atoms with Gasteiger partial charge in [-0.25, -0.2) is 4.79 Å². The van der Waals surface area contributed by atoms with Crippen LogP contribution < -0.4 is 5.73 Å². The molecule has 0 aromatic heterocycles. The van der Waals surface area contributed by atoms with Gasteiger partial charge in [-0.15, -0.1) is 0 Å². The quantitative estimate of drug-likeness (QED) is 0.457. The monoisotopic (exact) mass is 283 g/mol. The summed E-state index contributed by atoms with van der Waals surface area (Å²) in [7, 11) is 0. The third kappa shape index (κ3) is 5.52. The first-order valence-corrected chi connectivity index (χ1v) is 7.18. The van der Waals surface area contributed by atoms with Gasteiger partial charge in [-0.3, -0.25) is 0 Å². The fraction of sp³-hybridized carbons (Fsp3) is 0.533. The van der Waals surface area contributed by atoms with Crippen LogP contribution in [0.5, 0.6) is 0 Å². The second-order valence-corrected chi connectivity index (χ2v) is 5.21. The Morgan fingerprint density at radius 3 is 2.79 bits per heavy atom. The molecular weight excluding hydrogens is 262 g/mol. The number of benzene rings is 1. The first-order valence-electron chi connectivity index (χ1n) is 6.80. The highest BCUT2D eigenvalue weighted by molar-refractivity contribution is 6.33. The van der Waals surface area contributed by atoms with Gasteiger partial charge in [-0.2, -0.15) is 0 Å². The molecule has 0 fully saturated rings. The van der Waals surface area contributed by atoms with Gasteiger partial charge in [0.2, 0.25) is 0 Å². The second-order valence-electron chi connectivity index (χ2n) is 4.80. The Balaban J connectivity index is 2.47. The van der Waals surface area contributed by atoms with Gasteiger partial charge >= 0.3 is 5.97 Å². The van der Waals surface area contributed by atoms with Crippen LogP contribution in [0.3, 0.4) is 0 Å². The van der Waals surface area contributed by atoms with E-state index < -0.39 is 5.97 Å². The lowest BCUT2D eigenvalue weighted by Gasteiger charge is -2.14. The van der Waals surface area contributed by atoms with Crippen molar-refractivity contribution in [1.29, 1.82) is 0 Å². The molecule has 106 valence electrons. The highest BCUT2D eigenvalue weighted by Crippen LogP contribution is 2.21. The lowest BCUT2D eigenvalue weighted by molar-refractivity contribution is 0.0319.